The molecule has 0 aliphatic carbocycles. The summed E-state index contributed by atoms with van der Waals surface area (Å²) < 4.78 is 5.57. The Morgan fingerprint density at radius 1 is 1.17 bits per heavy atom. The lowest BCUT2D eigenvalue weighted by Gasteiger charge is -2.18. The maximum absolute atomic E-state index is 12.2. The van der Waals surface area contributed by atoms with Crippen molar-refractivity contribution in [1.29, 1.82) is 5.26 Å². The number of hydrogen-bond donors (Lipinski definition) is 0. The molecular formula is C19H20N2O2. The van der Waals surface area contributed by atoms with Crippen LogP contribution in [0.2, 0.25) is 0 Å². The van der Waals surface area contributed by atoms with Crippen LogP contribution in [0.15, 0.2) is 48.5 Å². The summed E-state index contributed by atoms with van der Waals surface area (Å²) in [5, 5.41) is 8.91. The quantitative estimate of drug-likeness (QED) is 0.823. The molecule has 1 amide bonds. The molecule has 2 aromatic rings. The van der Waals surface area contributed by atoms with Gasteiger partial charge in [-0.25, -0.2) is 0 Å². The molecule has 2 rings (SSSR count). The van der Waals surface area contributed by atoms with Crippen molar-refractivity contribution in [1.82, 2.24) is 4.90 Å². The van der Waals surface area contributed by atoms with Gasteiger partial charge in [-0.15, -0.1) is 0 Å². The van der Waals surface area contributed by atoms with Crippen LogP contribution < -0.4 is 4.74 Å². The van der Waals surface area contributed by atoms with Crippen molar-refractivity contribution in [3.63, 3.8) is 0 Å². The van der Waals surface area contributed by atoms with Crippen LogP contribution in [0.1, 0.15) is 23.6 Å². The Hall–Kier alpha value is -2.80. The molecule has 0 saturated carbocycles. The van der Waals surface area contributed by atoms with E-state index in [2.05, 4.69) is 13.0 Å². The fraction of sp³-hybridized carbons (Fsp3) is 0.263. The summed E-state index contributed by atoms with van der Waals surface area (Å²) in [6.45, 7) is 2.53. The number of nitriles is 1. The summed E-state index contributed by atoms with van der Waals surface area (Å²) in [6, 6.07) is 17.1. The number of aryl methyl sites for hydroxylation is 1. The van der Waals surface area contributed by atoms with E-state index < -0.39 is 0 Å². The molecule has 0 unspecified atom stereocenters. The van der Waals surface area contributed by atoms with E-state index in [1.165, 1.54) is 5.56 Å². The van der Waals surface area contributed by atoms with Crippen molar-refractivity contribution in [2.75, 3.05) is 13.7 Å². The Labute approximate surface area is 136 Å². The fourth-order valence-corrected chi connectivity index (χ4v) is 2.21. The highest BCUT2D eigenvalue weighted by molar-refractivity contribution is 5.77. The van der Waals surface area contributed by atoms with Gasteiger partial charge in [0.15, 0.2) is 6.61 Å². The van der Waals surface area contributed by atoms with Crippen LogP contribution in [0.25, 0.3) is 0 Å². The number of likely N-dealkylation sites (N-methyl/N-ethyl adjacent to an activating group) is 1. The molecule has 0 bridgehead atoms. The number of carbonyl (C=O) groups is 1. The standard InChI is InChI=1S/C19H20N2O2/c1-3-15-6-5-9-18(11-15)23-14-19(22)21(2)13-17-8-4-7-16(10-17)12-20/h4-11H,3,13-14H2,1-2H3. The van der Waals surface area contributed by atoms with Gasteiger partial charge in [0.2, 0.25) is 0 Å². The third-order valence-corrected chi connectivity index (χ3v) is 3.57. The van der Waals surface area contributed by atoms with Gasteiger partial charge in [0.05, 0.1) is 11.6 Å². The zero-order valence-corrected chi connectivity index (χ0v) is 13.5. The van der Waals surface area contributed by atoms with E-state index in [0.717, 1.165) is 12.0 Å². The van der Waals surface area contributed by atoms with Gasteiger partial charge in [0.25, 0.3) is 5.91 Å². The molecule has 0 N–H and O–H groups in total. The highest BCUT2D eigenvalue weighted by Crippen LogP contribution is 2.14. The van der Waals surface area contributed by atoms with Crippen molar-refractivity contribution in [2.24, 2.45) is 0 Å². The lowest BCUT2D eigenvalue weighted by molar-refractivity contribution is -0.132. The van der Waals surface area contributed by atoms with Crippen LogP contribution in [-0.2, 0) is 17.8 Å². The first-order valence-electron chi connectivity index (χ1n) is 7.57. The summed E-state index contributed by atoms with van der Waals surface area (Å²) in [5.41, 5.74) is 2.69. The predicted molar refractivity (Wildman–Crippen MR) is 88.9 cm³/mol. The van der Waals surface area contributed by atoms with Crippen LogP contribution in [0.4, 0.5) is 0 Å². The highest BCUT2D eigenvalue weighted by Gasteiger charge is 2.10. The molecule has 0 heterocycles. The smallest absolute Gasteiger partial charge is 0.260 e. The second-order valence-corrected chi connectivity index (χ2v) is 5.35. The van der Waals surface area contributed by atoms with Crippen molar-refractivity contribution in [3.05, 3.63) is 65.2 Å². The Kier molecular flexibility index (Phi) is 5.76. The van der Waals surface area contributed by atoms with Crippen molar-refractivity contribution in [3.8, 4) is 11.8 Å². The zero-order valence-electron chi connectivity index (χ0n) is 13.5. The second-order valence-electron chi connectivity index (χ2n) is 5.35. The van der Waals surface area contributed by atoms with Crippen molar-refractivity contribution >= 4 is 5.91 Å². The molecule has 0 fully saturated rings. The van der Waals surface area contributed by atoms with Gasteiger partial charge in [-0.3, -0.25) is 4.79 Å². The molecule has 0 atom stereocenters. The average molecular weight is 308 g/mol. The van der Waals surface area contributed by atoms with E-state index in [-0.39, 0.29) is 12.5 Å². The van der Waals surface area contributed by atoms with Crippen molar-refractivity contribution in [2.45, 2.75) is 19.9 Å². The molecule has 118 valence electrons. The second kappa shape index (κ2) is 8.00. The minimum atomic E-state index is -0.103. The topological polar surface area (TPSA) is 53.3 Å². The number of carbonyl (C=O) groups excluding carboxylic acids is 1. The maximum atomic E-state index is 12.2. The Balaban J connectivity index is 1.90. The van der Waals surface area contributed by atoms with Gasteiger partial charge in [-0.05, 0) is 41.8 Å². The van der Waals surface area contributed by atoms with Gasteiger partial charge in [0.1, 0.15) is 5.75 Å². The molecule has 0 aliphatic heterocycles. The average Bonchev–Trinajstić information content (AvgIpc) is 2.59. The summed E-state index contributed by atoms with van der Waals surface area (Å²) in [4.78, 5) is 13.8. The molecule has 0 aliphatic rings. The molecular weight excluding hydrogens is 288 g/mol. The van der Waals surface area contributed by atoms with Crippen LogP contribution in [0.5, 0.6) is 5.75 Å². The van der Waals surface area contributed by atoms with Gasteiger partial charge < -0.3 is 9.64 Å². The van der Waals surface area contributed by atoms with Crippen LogP contribution in [0.3, 0.4) is 0 Å². The number of benzene rings is 2. The van der Waals surface area contributed by atoms with Gasteiger partial charge in [0, 0.05) is 13.6 Å². The third kappa shape index (κ3) is 4.86. The molecule has 4 heteroatoms. The predicted octanol–water partition coefficient (Wildman–Crippen LogP) is 3.16. The number of amides is 1. The summed E-state index contributed by atoms with van der Waals surface area (Å²) in [6.07, 6.45) is 0.931. The Morgan fingerprint density at radius 3 is 2.65 bits per heavy atom. The molecule has 0 saturated heterocycles. The van der Waals surface area contributed by atoms with E-state index in [4.69, 9.17) is 10.00 Å². The molecule has 0 aromatic heterocycles. The van der Waals surface area contributed by atoms with Crippen LogP contribution in [-0.4, -0.2) is 24.5 Å². The minimum absolute atomic E-state index is 0.00160. The molecule has 2 aromatic carbocycles. The fourth-order valence-electron chi connectivity index (χ4n) is 2.21. The highest BCUT2D eigenvalue weighted by atomic mass is 16.5. The van der Waals surface area contributed by atoms with E-state index in [1.807, 2.05) is 36.4 Å². The minimum Gasteiger partial charge on any atom is -0.484 e. The van der Waals surface area contributed by atoms with E-state index in [0.29, 0.717) is 17.9 Å². The number of rotatable bonds is 6. The van der Waals surface area contributed by atoms with Gasteiger partial charge in [-0.1, -0.05) is 31.2 Å². The molecule has 23 heavy (non-hydrogen) atoms. The maximum Gasteiger partial charge on any atom is 0.260 e. The summed E-state index contributed by atoms with van der Waals surface area (Å²) >= 11 is 0. The van der Waals surface area contributed by atoms with Crippen molar-refractivity contribution < 1.29 is 9.53 Å². The van der Waals surface area contributed by atoms with Crippen LogP contribution in [0, 0.1) is 11.3 Å². The van der Waals surface area contributed by atoms with E-state index in [1.54, 1.807) is 24.1 Å². The first kappa shape index (κ1) is 16.6. The molecule has 4 nitrogen and oxygen atoms in total. The lowest BCUT2D eigenvalue weighted by atomic mass is 10.1. The normalized spacial score (nSPS) is 9.96. The first-order valence-corrected chi connectivity index (χ1v) is 7.57. The van der Waals surface area contributed by atoms with Crippen LogP contribution >= 0.6 is 0 Å². The monoisotopic (exact) mass is 308 g/mol. The first-order chi connectivity index (χ1) is 11.1. The van der Waals surface area contributed by atoms with E-state index in [9.17, 15) is 4.79 Å². The largest absolute Gasteiger partial charge is 0.484 e. The zero-order chi connectivity index (χ0) is 16.7. The lowest BCUT2D eigenvalue weighted by Crippen LogP contribution is -2.31. The SMILES string of the molecule is CCc1cccc(OCC(=O)N(C)Cc2cccc(C#N)c2)c1. The number of nitrogens with zero attached hydrogens (tertiary/aromatic N) is 2. The summed E-state index contributed by atoms with van der Waals surface area (Å²) in [5.74, 6) is 0.604. The molecule has 0 radical (unpaired) electrons. The molecule has 0 spiro atoms. The van der Waals surface area contributed by atoms with E-state index >= 15 is 0 Å². The Bertz CT molecular complexity index is 719. The Morgan fingerprint density at radius 2 is 1.91 bits per heavy atom. The summed E-state index contributed by atoms with van der Waals surface area (Å²) in [7, 11) is 1.73. The third-order valence-electron chi connectivity index (χ3n) is 3.57. The van der Waals surface area contributed by atoms with Gasteiger partial charge in [-0.2, -0.15) is 5.26 Å². The number of ether oxygens (including phenoxy) is 1. The number of hydrogen-bond acceptors (Lipinski definition) is 3. The van der Waals surface area contributed by atoms with Gasteiger partial charge >= 0.3 is 0 Å².